The Bertz CT molecular complexity index is 1270. The summed E-state index contributed by atoms with van der Waals surface area (Å²) in [6.45, 7) is 0. The number of hydrogen-bond donors (Lipinski definition) is 0. The molecule has 2 aromatic heterocycles. The fourth-order valence-electron chi connectivity index (χ4n) is 2.89. The van der Waals surface area contributed by atoms with Gasteiger partial charge in [-0.25, -0.2) is 18.4 Å². The van der Waals surface area contributed by atoms with Gasteiger partial charge in [-0.05, 0) is 18.2 Å². The summed E-state index contributed by atoms with van der Waals surface area (Å²) in [5, 5.41) is 0. The summed E-state index contributed by atoms with van der Waals surface area (Å²) in [7, 11) is -1.81. The Morgan fingerprint density at radius 1 is 0.893 bits per heavy atom. The van der Waals surface area contributed by atoms with Crippen LogP contribution in [0.5, 0.6) is 5.75 Å². The van der Waals surface area contributed by atoms with E-state index in [2.05, 4.69) is 9.97 Å². The number of ether oxygens (including phenoxy) is 1. The minimum Gasteiger partial charge on any atom is -0.497 e. The van der Waals surface area contributed by atoms with Crippen molar-refractivity contribution in [3.05, 3.63) is 66.9 Å². The van der Waals surface area contributed by atoms with E-state index in [1.54, 1.807) is 7.11 Å². The SMILES string of the molecule is COc1cccc(-c2nc(-c3ccccc3)c3ncc(S(C)(=O)=O)cc3n2)c1. The Morgan fingerprint density at radius 3 is 2.36 bits per heavy atom. The Morgan fingerprint density at radius 2 is 1.64 bits per heavy atom. The molecule has 0 atom stereocenters. The van der Waals surface area contributed by atoms with E-state index in [1.807, 2.05) is 54.6 Å². The minimum atomic E-state index is -3.40. The van der Waals surface area contributed by atoms with E-state index in [4.69, 9.17) is 9.72 Å². The van der Waals surface area contributed by atoms with Gasteiger partial charge in [-0.2, -0.15) is 0 Å². The van der Waals surface area contributed by atoms with E-state index < -0.39 is 9.84 Å². The molecule has 0 saturated heterocycles. The molecule has 0 spiro atoms. The molecule has 0 fully saturated rings. The van der Waals surface area contributed by atoms with Crippen molar-refractivity contribution in [2.45, 2.75) is 4.90 Å². The molecule has 2 heterocycles. The third-order valence-electron chi connectivity index (χ3n) is 4.31. The number of nitrogens with zero attached hydrogens (tertiary/aromatic N) is 3. The molecule has 140 valence electrons. The molecule has 4 aromatic rings. The van der Waals surface area contributed by atoms with Crippen molar-refractivity contribution >= 4 is 20.9 Å². The van der Waals surface area contributed by atoms with Crippen LogP contribution < -0.4 is 4.74 Å². The van der Waals surface area contributed by atoms with Gasteiger partial charge in [0.2, 0.25) is 0 Å². The molecule has 0 saturated carbocycles. The van der Waals surface area contributed by atoms with Crippen LogP contribution >= 0.6 is 0 Å². The van der Waals surface area contributed by atoms with Crippen LogP contribution in [0.25, 0.3) is 33.7 Å². The molecule has 0 aliphatic carbocycles. The zero-order chi connectivity index (χ0) is 19.7. The third-order valence-corrected chi connectivity index (χ3v) is 5.39. The highest BCUT2D eigenvalue weighted by Crippen LogP contribution is 2.29. The highest BCUT2D eigenvalue weighted by molar-refractivity contribution is 7.90. The first-order valence-electron chi connectivity index (χ1n) is 8.53. The number of aromatic nitrogens is 3. The number of pyridine rings is 1. The number of hydrogen-bond acceptors (Lipinski definition) is 6. The van der Waals surface area contributed by atoms with Crippen LogP contribution in [0.4, 0.5) is 0 Å². The summed E-state index contributed by atoms with van der Waals surface area (Å²) in [5.74, 6) is 1.16. The van der Waals surface area contributed by atoms with Crippen LogP contribution in [0.1, 0.15) is 0 Å². The largest absolute Gasteiger partial charge is 0.497 e. The Labute approximate surface area is 162 Å². The zero-order valence-electron chi connectivity index (χ0n) is 15.3. The topological polar surface area (TPSA) is 82.0 Å². The Hall–Kier alpha value is -3.32. The summed E-state index contributed by atoms with van der Waals surface area (Å²) in [6.07, 6.45) is 2.50. The van der Waals surface area contributed by atoms with Gasteiger partial charge in [0.1, 0.15) is 17.0 Å². The van der Waals surface area contributed by atoms with Crippen molar-refractivity contribution in [3.8, 4) is 28.4 Å². The number of benzene rings is 2. The highest BCUT2D eigenvalue weighted by Gasteiger charge is 2.16. The smallest absolute Gasteiger partial charge is 0.177 e. The molecular weight excluding hydrogens is 374 g/mol. The maximum absolute atomic E-state index is 12.0. The van der Waals surface area contributed by atoms with Crippen molar-refractivity contribution in [2.75, 3.05) is 13.4 Å². The standard InChI is InChI=1S/C21H17N3O3S/c1-27-16-10-6-9-15(11-16)21-23-18-12-17(28(2,25)26)13-22-20(18)19(24-21)14-7-4-3-5-8-14/h3-13H,1-2H3. The van der Waals surface area contributed by atoms with Gasteiger partial charge in [0.15, 0.2) is 15.7 Å². The molecular formula is C21H17N3O3S. The Kier molecular flexibility index (Phi) is 4.52. The summed E-state index contributed by atoms with van der Waals surface area (Å²) in [5.41, 5.74) is 3.30. The first-order valence-corrected chi connectivity index (χ1v) is 10.4. The molecule has 28 heavy (non-hydrogen) atoms. The van der Waals surface area contributed by atoms with Crippen molar-refractivity contribution in [2.24, 2.45) is 0 Å². The first-order chi connectivity index (χ1) is 13.5. The van der Waals surface area contributed by atoms with Crippen LogP contribution in [0, 0.1) is 0 Å². The molecule has 0 aliphatic rings. The predicted molar refractivity (Wildman–Crippen MR) is 108 cm³/mol. The quantitative estimate of drug-likeness (QED) is 0.527. The second-order valence-corrected chi connectivity index (χ2v) is 8.32. The lowest BCUT2D eigenvalue weighted by atomic mass is 10.1. The third kappa shape index (κ3) is 3.44. The van der Waals surface area contributed by atoms with Gasteiger partial charge >= 0.3 is 0 Å². The van der Waals surface area contributed by atoms with Crippen molar-refractivity contribution in [1.29, 1.82) is 0 Å². The van der Waals surface area contributed by atoms with Gasteiger partial charge < -0.3 is 4.74 Å². The maximum atomic E-state index is 12.0. The van der Waals surface area contributed by atoms with E-state index in [1.165, 1.54) is 12.3 Å². The minimum absolute atomic E-state index is 0.120. The number of methoxy groups -OCH3 is 1. The van der Waals surface area contributed by atoms with E-state index in [-0.39, 0.29) is 4.90 Å². The van der Waals surface area contributed by atoms with E-state index in [0.29, 0.717) is 28.3 Å². The van der Waals surface area contributed by atoms with Crippen molar-refractivity contribution in [3.63, 3.8) is 0 Å². The lowest BCUT2D eigenvalue weighted by Crippen LogP contribution is -2.01. The second kappa shape index (κ2) is 7.01. The van der Waals surface area contributed by atoms with Gasteiger partial charge in [0.05, 0.1) is 17.5 Å². The molecule has 0 unspecified atom stereocenters. The van der Waals surface area contributed by atoms with Gasteiger partial charge in [0.25, 0.3) is 0 Å². The van der Waals surface area contributed by atoms with Crippen molar-refractivity contribution in [1.82, 2.24) is 15.0 Å². The molecule has 2 aromatic carbocycles. The van der Waals surface area contributed by atoms with Gasteiger partial charge in [-0.3, -0.25) is 4.98 Å². The average Bonchev–Trinajstić information content (AvgIpc) is 2.72. The summed E-state index contributed by atoms with van der Waals surface area (Å²) < 4.78 is 29.2. The summed E-state index contributed by atoms with van der Waals surface area (Å²) in [6, 6.07) is 18.6. The fraction of sp³-hybridized carbons (Fsp3) is 0.0952. The average molecular weight is 391 g/mol. The number of rotatable bonds is 4. The maximum Gasteiger partial charge on any atom is 0.177 e. The number of fused-ring (bicyclic) bond motifs is 1. The van der Waals surface area contributed by atoms with Crippen LogP contribution in [0.2, 0.25) is 0 Å². The van der Waals surface area contributed by atoms with Crippen LogP contribution in [0.3, 0.4) is 0 Å². The molecule has 0 N–H and O–H groups in total. The normalized spacial score (nSPS) is 11.5. The second-order valence-electron chi connectivity index (χ2n) is 6.30. The molecule has 6 nitrogen and oxygen atoms in total. The summed E-state index contributed by atoms with van der Waals surface area (Å²) >= 11 is 0. The van der Waals surface area contributed by atoms with Gasteiger partial charge in [-0.1, -0.05) is 42.5 Å². The van der Waals surface area contributed by atoms with Crippen molar-refractivity contribution < 1.29 is 13.2 Å². The summed E-state index contributed by atoms with van der Waals surface area (Å²) in [4.78, 5) is 13.8. The van der Waals surface area contributed by atoms with Gasteiger partial charge in [-0.15, -0.1) is 0 Å². The van der Waals surface area contributed by atoms with Gasteiger partial charge in [0, 0.05) is 23.6 Å². The van der Waals surface area contributed by atoms with E-state index in [0.717, 1.165) is 17.4 Å². The molecule has 7 heteroatoms. The monoisotopic (exact) mass is 391 g/mol. The van der Waals surface area contributed by atoms with Crippen LogP contribution in [-0.2, 0) is 9.84 Å². The Balaban J connectivity index is 2.02. The zero-order valence-corrected chi connectivity index (χ0v) is 16.1. The molecule has 0 bridgehead atoms. The lowest BCUT2D eigenvalue weighted by molar-refractivity contribution is 0.415. The van der Waals surface area contributed by atoms with Crippen LogP contribution in [-0.4, -0.2) is 36.7 Å². The molecule has 4 rings (SSSR count). The fourth-order valence-corrected chi connectivity index (χ4v) is 3.46. The molecule has 0 amide bonds. The molecule has 0 radical (unpaired) electrons. The number of sulfone groups is 1. The van der Waals surface area contributed by atoms with E-state index >= 15 is 0 Å². The lowest BCUT2D eigenvalue weighted by Gasteiger charge is -2.10. The van der Waals surface area contributed by atoms with Crippen LogP contribution in [0.15, 0.2) is 71.8 Å². The highest BCUT2D eigenvalue weighted by atomic mass is 32.2. The van der Waals surface area contributed by atoms with E-state index in [9.17, 15) is 8.42 Å². The first kappa shape index (κ1) is 18.1. The predicted octanol–water partition coefficient (Wildman–Crippen LogP) is 3.77. The molecule has 0 aliphatic heterocycles.